The zero-order chi connectivity index (χ0) is 11.5. The van der Waals surface area contributed by atoms with E-state index >= 15 is 0 Å². The van der Waals surface area contributed by atoms with Gasteiger partial charge in [0.1, 0.15) is 0 Å². The number of aromatic carboxylic acids is 1. The highest BCUT2D eigenvalue weighted by Crippen LogP contribution is 2.17. The first-order valence-corrected chi connectivity index (χ1v) is 5.70. The topological polar surface area (TPSA) is 40.5 Å². The van der Waals surface area contributed by atoms with Crippen molar-refractivity contribution < 1.29 is 9.90 Å². The highest BCUT2D eigenvalue weighted by molar-refractivity contribution is 5.87. The molecule has 1 fully saturated rings. The van der Waals surface area contributed by atoms with Gasteiger partial charge in [-0.25, -0.2) is 4.79 Å². The van der Waals surface area contributed by atoms with Crippen LogP contribution in [0.4, 0.5) is 0 Å². The van der Waals surface area contributed by atoms with E-state index < -0.39 is 5.97 Å². The van der Waals surface area contributed by atoms with E-state index in [1.54, 1.807) is 12.1 Å². The summed E-state index contributed by atoms with van der Waals surface area (Å²) in [4.78, 5) is 13.1. The maximum Gasteiger partial charge on any atom is 0.335 e. The van der Waals surface area contributed by atoms with Gasteiger partial charge in [-0.1, -0.05) is 19.1 Å². The van der Waals surface area contributed by atoms with Crippen LogP contribution in [0.15, 0.2) is 24.3 Å². The fourth-order valence-electron chi connectivity index (χ4n) is 2.18. The molecule has 86 valence electrons. The van der Waals surface area contributed by atoms with E-state index in [1.807, 2.05) is 12.1 Å². The maximum absolute atomic E-state index is 10.7. The van der Waals surface area contributed by atoms with E-state index in [4.69, 9.17) is 5.11 Å². The lowest BCUT2D eigenvalue weighted by Crippen LogP contribution is -2.19. The van der Waals surface area contributed by atoms with Crippen molar-refractivity contribution in [2.24, 2.45) is 5.92 Å². The summed E-state index contributed by atoms with van der Waals surface area (Å²) in [5, 5.41) is 8.78. The summed E-state index contributed by atoms with van der Waals surface area (Å²) in [6, 6.07) is 7.17. The molecular weight excluding hydrogens is 202 g/mol. The van der Waals surface area contributed by atoms with Gasteiger partial charge in [0.2, 0.25) is 0 Å². The van der Waals surface area contributed by atoms with Gasteiger partial charge in [0.05, 0.1) is 5.56 Å². The van der Waals surface area contributed by atoms with Gasteiger partial charge in [0.15, 0.2) is 0 Å². The molecule has 3 nitrogen and oxygen atoms in total. The standard InChI is InChI=1S/C13H17NO2/c1-10-6-7-14(8-10)9-11-2-4-12(5-3-11)13(15)16/h2-5,10H,6-9H2,1H3,(H,15,16)/t10-/m1/s1. The Kier molecular flexibility index (Phi) is 3.25. The van der Waals surface area contributed by atoms with E-state index in [9.17, 15) is 4.79 Å². The van der Waals surface area contributed by atoms with Crippen molar-refractivity contribution in [1.82, 2.24) is 4.90 Å². The zero-order valence-corrected chi connectivity index (χ0v) is 9.52. The van der Waals surface area contributed by atoms with Gasteiger partial charge in [-0.2, -0.15) is 0 Å². The second-order valence-corrected chi connectivity index (χ2v) is 4.63. The number of nitrogens with zero attached hydrogens (tertiary/aromatic N) is 1. The Morgan fingerprint density at radius 3 is 2.62 bits per heavy atom. The molecule has 0 saturated carbocycles. The van der Waals surface area contributed by atoms with Crippen molar-refractivity contribution in [3.8, 4) is 0 Å². The van der Waals surface area contributed by atoms with Crippen LogP contribution >= 0.6 is 0 Å². The number of benzene rings is 1. The Morgan fingerprint density at radius 2 is 2.12 bits per heavy atom. The van der Waals surface area contributed by atoms with Crippen LogP contribution in [0.3, 0.4) is 0 Å². The van der Waals surface area contributed by atoms with Gasteiger partial charge in [-0.05, 0) is 36.6 Å². The number of carboxylic acids is 1. The van der Waals surface area contributed by atoms with Crippen molar-refractivity contribution in [2.45, 2.75) is 19.9 Å². The molecule has 0 aromatic heterocycles. The Morgan fingerprint density at radius 1 is 1.44 bits per heavy atom. The van der Waals surface area contributed by atoms with Gasteiger partial charge in [-0.3, -0.25) is 4.90 Å². The van der Waals surface area contributed by atoms with E-state index in [2.05, 4.69) is 11.8 Å². The third-order valence-corrected chi connectivity index (χ3v) is 3.12. The van der Waals surface area contributed by atoms with Crippen LogP contribution in [0.2, 0.25) is 0 Å². The first-order chi connectivity index (χ1) is 7.65. The first kappa shape index (κ1) is 11.1. The van der Waals surface area contributed by atoms with Crippen molar-refractivity contribution in [1.29, 1.82) is 0 Å². The van der Waals surface area contributed by atoms with E-state index in [0.717, 1.165) is 25.6 Å². The molecule has 0 unspecified atom stereocenters. The molecule has 1 saturated heterocycles. The molecule has 0 aliphatic carbocycles. The maximum atomic E-state index is 10.7. The molecule has 3 heteroatoms. The molecular formula is C13H17NO2. The molecule has 1 aromatic rings. The van der Waals surface area contributed by atoms with Gasteiger partial charge in [0, 0.05) is 13.1 Å². The molecule has 16 heavy (non-hydrogen) atoms. The van der Waals surface area contributed by atoms with Crippen LogP contribution in [-0.2, 0) is 6.54 Å². The Hall–Kier alpha value is -1.35. The number of carbonyl (C=O) groups is 1. The van der Waals surface area contributed by atoms with E-state index in [0.29, 0.717) is 5.56 Å². The normalized spacial score (nSPS) is 21.2. The van der Waals surface area contributed by atoms with Gasteiger partial charge >= 0.3 is 5.97 Å². The molecule has 0 bridgehead atoms. The van der Waals surface area contributed by atoms with Crippen molar-refractivity contribution in [3.63, 3.8) is 0 Å². The molecule has 1 aliphatic heterocycles. The van der Waals surface area contributed by atoms with E-state index in [-0.39, 0.29) is 0 Å². The lowest BCUT2D eigenvalue weighted by Gasteiger charge is -2.15. The molecule has 1 N–H and O–H groups in total. The van der Waals surface area contributed by atoms with Crippen LogP contribution in [0.5, 0.6) is 0 Å². The lowest BCUT2D eigenvalue weighted by atomic mass is 10.1. The summed E-state index contributed by atoms with van der Waals surface area (Å²) in [5.41, 5.74) is 1.55. The fourth-order valence-corrected chi connectivity index (χ4v) is 2.18. The first-order valence-electron chi connectivity index (χ1n) is 5.70. The number of likely N-dealkylation sites (tertiary alicyclic amines) is 1. The van der Waals surface area contributed by atoms with Crippen LogP contribution in [0.25, 0.3) is 0 Å². The van der Waals surface area contributed by atoms with Crippen molar-refractivity contribution in [3.05, 3.63) is 35.4 Å². The van der Waals surface area contributed by atoms with Crippen LogP contribution < -0.4 is 0 Å². The quantitative estimate of drug-likeness (QED) is 0.847. The average Bonchev–Trinajstić information content (AvgIpc) is 2.65. The second-order valence-electron chi connectivity index (χ2n) is 4.63. The highest BCUT2D eigenvalue weighted by atomic mass is 16.4. The average molecular weight is 219 g/mol. The monoisotopic (exact) mass is 219 g/mol. The van der Waals surface area contributed by atoms with Crippen LogP contribution in [0.1, 0.15) is 29.3 Å². The number of rotatable bonds is 3. The minimum Gasteiger partial charge on any atom is -0.478 e. The minimum absolute atomic E-state index is 0.360. The Labute approximate surface area is 95.7 Å². The van der Waals surface area contributed by atoms with Crippen molar-refractivity contribution >= 4 is 5.97 Å². The molecule has 1 atom stereocenters. The van der Waals surface area contributed by atoms with Crippen LogP contribution in [-0.4, -0.2) is 29.1 Å². The zero-order valence-electron chi connectivity index (χ0n) is 9.52. The molecule has 1 aromatic carbocycles. The van der Waals surface area contributed by atoms with Gasteiger partial charge in [-0.15, -0.1) is 0 Å². The number of hydrogen-bond acceptors (Lipinski definition) is 2. The fraction of sp³-hybridized carbons (Fsp3) is 0.462. The summed E-state index contributed by atoms with van der Waals surface area (Å²) < 4.78 is 0. The molecule has 0 radical (unpaired) electrons. The number of hydrogen-bond donors (Lipinski definition) is 1. The molecule has 1 heterocycles. The third-order valence-electron chi connectivity index (χ3n) is 3.12. The SMILES string of the molecule is C[C@@H]1CCN(Cc2ccc(C(=O)O)cc2)C1. The lowest BCUT2D eigenvalue weighted by molar-refractivity contribution is 0.0697. The Bertz CT molecular complexity index is 372. The van der Waals surface area contributed by atoms with Gasteiger partial charge < -0.3 is 5.11 Å². The number of carboxylic acid groups (broad SMARTS) is 1. The summed E-state index contributed by atoms with van der Waals surface area (Å²) in [5.74, 6) is -0.0698. The largest absolute Gasteiger partial charge is 0.478 e. The molecule has 0 spiro atoms. The minimum atomic E-state index is -0.860. The summed E-state index contributed by atoms with van der Waals surface area (Å²) in [7, 11) is 0. The van der Waals surface area contributed by atoms with Crippen molar-refractivity contribution in [2.75, 3.05) is 13.1 Å². The van der Waals surface area contributed by atoms with E-state index in [1.165, 1.54) is 12.0 Å². The second kappa shape index (κ2) is 4.66. The summed E-state index contributed by atoms with van der Waals surface area (Å²) in [6.45, 7) is 5.51. The van der Waals surface area contributed by atoms with Crippen LogP contribution in [0, 0.1) is 5.92 Å². The highest BCUT2D eigenvalue weighted by Gasteiger charge is 2.18. The predicted molar refractivity (Wildman–Crippen MR) is 62.5 cm³/mol. The third kappa shape index (κ3) is 2.61. The molecule has 0 amide bonds. The van der Waals surface area contributed by atoms with Gasteiger partial charge in [0.25, 0.3) is 0 Å². The smallest absolute Gasteiger partial charge is 0.335 e. The Balaban J connectivity index is 1.97. The molecule has 1 aliphatic rings. The summed E-state index contributed by atoms with van der Waals surface area (Å²) in [6.07, 6.45) is 1.27. The molecule has 2 rings (SSSR count). The predicted octanol–water partition coefficient (Wildman–Crippen LogP) is 2.23. The summed E-state index contributed by atoms with van der Waals surface area (Å²) >= 11 is 0.